The summed E-state index contributed by atoms with van der Waals surface area (Å²) >= 11 is 0. The molecular formula is C19H24N4O2. The van der Waals surface area contributed by atoms with E-state index in [2.05, 4.69) is 15.6 Å². The number of benzene rings is 1. The maximum Gasteiger partial charge on any atom is 0.321 e. The fourth-order valence-corrected chi connectivity index (χ4v) is 2.42. The van der Waals surface area contributed by atoms with Gasteiger partial charge in [0.25, 0.3) is 5.91 Å². The van der Waals surface area contributed by atoms with Crippen LogP contribution in [0.4, 0.5) is 10.5 Å². The molecule has 25 heavy (non-hydrogen) atoms. The van der Waals surface area contributed by atoms with E-state index in [1.807, 2.05) is 45.0 Å². The fourth-order valence-electron chi connectivity index (χ4n) is 2.42. The van der Waals surface area contributed by atoms with E-state index < -0.39 is 0 Å². The highest BCUT2D eigenvalue weighted by atomic mass is 16.2. The summed E-state index contributed by atoms with van der Waals surface area (Å²) in [6, 6.07) is 12.4. The molecule has 6 heteroatoms. The van der Waals surface area contributed by atoms with E-state index >= 15 is 0 Å². The Morgan fingerprint density at radius 2 is 1.76 bits per heavy atom. The van der Waals surface area contributed by atoms with Crippen molar-refractivity contribution in [3.8, 4) is 0 Å². The van der Waals surface area contributed by atoms with E-state index in [9.17, 15) is 9.59 Å². The van der Waals surface area contributed by atoms with Crippen molar-refractivity contribution < 1.29 is 9.59 Å². The first kappa shape index (κ1) is 18.4. The van der Waals surface area contributed by atoms with Gasteiger partial charge in [0, 0.05) is 25.0 Å². The van der Waals surface area contributed by atoms with E-state index in [0.717, 1.165) is 11.3 Å². The summed E-state index contributed by atoms with van der Waals surface area (Å²) in [6.07, 6.45) is 1.59. The van der Waals surface area contributed by atoms with Crippen LogP contribution in [-0.4, -0.2) is 34.9 Å². The molecule has 0 spiro atoms. The van der Waals surface area contributed by atoms with Crippen LogP contribution in [0.5, 0.6) is 0 Å². The van der Waals surface area contributed by atoms with Crippen LogP contribution in [0.25, 0.3) is 0 Å². The van der Waals surface area contributed by atoms with Gasteiger partial charge in [0.05, 0.1) is 6.04 Å². The second-order valence-corrected chi connectivity index (χ2v) is 5.63. The van der Waals surface area contributed by atoms with Gasteiger partial charge in [0.1, 0.15) is 5.69 Å². The topological polar surface area (TPSA) is 74.3 Å². The molecule has 0 aliphatic heterocycles. The molecule has 2 aromatic rings. The molecular weight excluding hydrogens is 316 g/mol. The molecule has 1 heterocycles. The number of carbonyl (C=O) groups excluding carboxylic acids is 2. The van der Waals surface area contributed by atoms with Crippen LogP contribution in [0.1, 0.15) is 42.9 Å². The summed E-state index contributed by atoms with van der Waals surface area (Å²) in [4.78, 5) is 29.9. The lowest BCUT2D eigenvalue weighted by Gasteiger charge is -2.19. The first-order valence-electron chi connectivity index (χ1n) is 8.43. The lowest BCUT2D eigenvalue weighted by Crippen LogP contribution is -2.34. The highest BCUT2D eigenvalue weighted by Gasteiger charge is 2.13. The fraction of sp³-hybridized carbons (Fsp3) is 0.316. The Kier molecular flexibility index (Phi) is 6.51. The second-order valence-electron chi connectivity index (χ2n) is 5.63. The summed E-state index contributed by atoms with van der Waals surface area (Å²) in [6.45, 7) is 7.12. The number of hydrogen-bond donors (Lipinski definition) is 2. The molecule has 0 unspecified atom stereocenters. The zero-order valence-corrected chi connectivity index (χ0v) is 14.8. The van der Waals surface area contributed by atoms with Crippen LogP contribution in [0.15, 0.2) is 48.7 Å². The number of aromatic nitrogens is 1. The largest absolute Gasteiger partial charge is 0.344 e. The van der Waals surface area contributed by atoms with Gasteiger partial charge < -0.3 is 15.5 Å². The van der Waals surface area contributed by atoms with Crippen molar-refractivity contribution in [3.63, 3.8) is 0 Å². The Balaban J connectivity index is 1.97. The van der Waals surface area contributed by atoms with Crippen molar-refractivity contribution in [2.45, 2.75) is 26.8 Å². The minimum Gasteiger partial charge on any atom is -0.344 e. The molecule has 6 nitrogen and oxygen atoms in total. The second kappa shape index (κ2) is 8.82. The van der Waals surface area contributed by atoms with Crippen LogP contribution in [0, 0.1) is 0 Å². The normalized spacial score (nSPS) is 11.5. The monoisotopic (exact) mass is 340 g/mol. The van der Waals surface area contributed by atoms with Crippen molar-refractivity contribution in [2.75, 3.05) is 18.4 Å². The van der Waals surface area contributed by atoms with Gasteiger partial charge in [-0.25, -0.2) is 4.79 Å². The molecule has 1 aromatic heterocycles. The molecule has 1 atom stereocenters. The summed E-state index contributed by atoms with van der Waals surface area (Å²) in [5.41, 5.74) is 2.06. The molecule has 1 aromatic carbocycles. The molecule has 0 saturated heterocycles. The summed E-state index contributed by atoms with van der Waals surface area (Å²) in [7, 11) is 0. The van der Waals surface area contributed by atoms with Gasteiger partial charge in [0.15, 0.2) is 0 Å². The van der Waals surface area contributed by atoms with Crippen LogP contribution in [0.3, 0.4) is 0 Å². The lowest BCUT2D eigenvalue weighted by molar-refractivity contribution is 0.0935. The Hall–Kier alpha value is -2.89. The van der Waals surface area contributed by atoms with Crippen molar-refractivity contribution in [2.24, 2.45) is 0 Å². The van der Waals surface area contributed by atoms with E-state index in [-0.39, 0.29) is 18.0 Å². The zero-order valence-electron chi connectivity index (χ0n) is 14.8. The molecule has 2 N–H and O–H groups in total. The van der Waals surface area contributed by atoms with Crippen molar-refractivity contribution in [1.29, 1.82) is 0 Å². The SMILES string of the molecule is CCN(CC)C(=O)Nc1ccc([C@H](C)NC(=O)c2ccccn2)cc1. The number of nitrogens with zero attached hydrogens (tertiary/aromatic N) is 2. The Morgan fingerprint density at radius 3 is 2.32 bits per heavy atom. The Labute approximate surface area is 148 Å². The molecule has 0 aliphatic rings. The van der Waals surface area contributed by atoms with Gasteiger partial charge in [0.2, 0.25) is 0 Å². The predicted molar refractivity (Wildman–Crippen MR) is 98.5 cm³/mol. The first-order valence-corrected chi connectivity index (χ1v) is 8.43. The minimum absolute atomic E-state index is 0.116. The number of amides is 3. The third-order valence-corrected chi connectivity index (χ3v) is 3.96. The van der Waals surface area contributed by atoms with E-state index in [4.69, 9.17) is 0 Å². The van der Waals surface area contributed by atoms with Gasteiger partial charge in [-0.15, -0.1) is 0 Å². The molecule has 2 rings (SSSR count). The van der Waals surface area contributed by atoms with Gasteiger partial charge in [-0.3, -0.25) is 9.78 Å². The zero-order chi connectivity index (χ0) is 18.2. The molecule has 132 valence electrons. The quantitative estimate of drug-likeness (QED) is 0.846. The Morgan fingerprint density at radius 1 is 1.08 bits per heavy atom. The van der Waals surface area contributed by atoms with E-state index in [1.54, 1.807) is 29.3 Å². The standard InChI is InChI=1S/C19H24N4O2/c1-4-23(5-2)19(25)22-16-11-9-15(10-12-16)14(3)21-18(24)17-8-6-7-13-20-17/h6-14H,4-5H2,1-3H3,(H,21,24)(H,22,25)/t14-/m0/s1. The average molecular weight is 340 g/mol. The summed E-state index contributed by atoms with van der Waals surface area (Å²) < 4.78 is 0. The highest BCUT2D eigenvalue weighted by molar-refractivity contribution is 5.92. The third-order valence-electron chi connectivity index (χ3n) is 3.96. The maximum atomic E-state index is 12.1. The number of anilines is 1. The van der Waals surface area contributed by atoms with Crippen LogP contribution in [-0.2, 0) is 0 Å². The number of pyridine rings is 1. The Bertz CT molecular complexity index is 697. The molecule has 0 radical (unpaired) electrons. The van der Waals surface area contributed by atoms with Gasteiger partial charge in [-0.2, -0.15) is 0 Å². The molecule has 0 bridgehead atoms. The number of carbonyl (C=O) groups is 2. The first-order chi connectivity index (χ1) is 12.0. The molecule has 0 fully saturated rings. The number of hydrogen-bond acceptors (Lipinski definition) is 3. The smallest absolute Gasteiger partial charge is 0.321 e. The van der Waals surface area contributed by atoms with Crippen molar-refractivity contribution >= 4 is 17.6 Å². The summed E-state index contributed by atoms with van der Waals surface area (Å²) in [5.74, 6) is -0.216. The number of urea groups is 1. The highest BCUT2D eigenvalue weighted by Crippen LogP contribution is 2.17. The van der Waals surface area contributed by atoms with Crippen LogP contribution < -0.4 is 10.6 Å². The number of rotatable bonds is 6. The third kappa shape index (κ3) is 5.04. The van der Waals surface area contributed by atoms with Gasteiger partial charge in [-0.1, -0.05) is 18.2 Å². The predicted octanol–water partition coefficient (Wildman–Crippen LogP) is 3.45. The minimum atomic E-state index is -0.216. The maximum absolute atomic E-state index is 12.1. The van der Waals surface area contributed by atoms with E-state index in [0.29, 0.717) is 18.8 Å². The van der Waals surface area contributed by atoms with E-state index in [1.165, 1.54) is 0 Å². The molecule has 0 aliphatic carbocycles. The lowest BCUT2D eigenvalue weighted by atomic mass is 10.1. The summed E-state index contributed by atoms with van der Waals surface area (Å²) in [5, 5.41) is 5.78. The van der Waals surface area contributed by atoms with Crippen molar-refractivity contribution in [3.05, 3.63) is 59.9 Å². The molecule has 3 amide bonds. The van der Waals surface area contributed by atoms with Crippen LogP contribution in [0.2, 0.25) is 0 Å². The van der Waals surface area contributed by atoms with Gasteiger partial charge >= 0.3 is 6.03 Å². The van der Waals surface area contributed by atoms with Gasteiger partial charge in [-0.05, 0) is 50.6 Å². The number of nitrogens with one attached hydrogen (secondary N) is 2. The van der Waals surface area contributed by atoms with Crippen LogP contribution >= 0.6 is 0 Å². The molecule has 0 saturated carbocycles. The van der Waals surface area contributed by atoms with Crippen molar-refractivity contribution in [1.82, 2.24) is 15.2 Å². The average Bonchev–Trinajstić information content (AvgIpc) is 2.64.